The summed E-state index contributed by atoms with van der Waals surface area (Å²) in [6.07, 6.45) is 1.86. The van der Waals surface area contributed by atoms with Crippen molar-refractivity contribution >= 4 is 17.8 Å². The van der Waals surface area contributed by atoms with Crippen LogP contribution in [-0.2, 0) is 11.3 Å². The normalized spacial score (nSPS) is 10.3. The molecule has 132 valence electrons. The smallest absolute Gasteiger partial charge is 0.321 e. The van der Waals surface area contributed by atoms with Gasteiger partial charge in [-0.2, -0.15) is 0 Å². The standard InChI is InChI=1S/C17H26N4O3/c1-4-5-10-19-17(24)20-15(22)12-21(3)11-13-6-8-14(9-7-13)16(23)18-2/h6-9H,4-5,10-12H2,1-3H3,(H,18,23)(H2,19,20,22,24). The van der Waals surface area contributed by atoms with Crippen LogP contribution < -0.4 is 16.0 Å². The fourth-order valence-electron chi connectivity index (χ4n) is 2.11. The molecule has 0 heterocycles. The first kappa shape index (κ1) is 19.6. The number of nitrogens with one attached hydrogen (secondary N) is 3. The molecule has 0 aromatic heterocycles. The fraction of sp³-hybridized carbons (Fsp3) is 0.471. The maximum atomic E-state index is 11.8. The van der Waals surface area contributed by atoms with E-state index in [1.165, 1.54) is 0 Å². The number of nitrogens with zero attached hydrogens (tertiary/aromatic N) is 1. The van der Waals surface area contributed by atoms with Crippen molar-refractivity contribution in [2.75, 3.05) is 27.2 Å². The molecule has 0 bridgehead atoms. The number of urea groups is 1. The third-order valence-corrected chi connectivity index (χ3v) is 3.38. The highest BCUT2D eigenvalue weighted by Gasteiger charge is 2.11. The van der Waals surface area contributed by atoms with Crippen LogP contribution in [-0.4, -0.2) is 49.9 Å². The lowest BCUT2D eigenvalue weighted by molar-refractivity contribution is -0.120. The van der Waals surface area contributed by atoms with Gasteiger partial charge in [-0.05, 0) is 31.2 Å². The van der Waals surface area contributed by atoms with E-state index < -0.39 is 6.03 Å². The van der Waals surface area contributed by atoms with E-state index in [1.54, 1.807) is 31.1 Å². The molecule has 0 fully saturated rings. The average Bonchev–Trinajstić information content (AvgIpc) is 2.54. The number of carbonyl (C=O) groups excluding carboxylic acids is 3. The molecule has 0 aliphatic rings. The van der Waals surface area contributed by atoms with E-state index in [1.807, 2.05) is 19.1 Å². The van der Waals surface area contributed by atoms with Crippen molar-refractivity contribution in [1.29, 1.82) is 0 Å². The lowest BCUT2D eigenvalue weighted by atomic mass is 10.1. The van der Waals surface area contributed by atoms with Gasteiger partial charge >= 0.3 is 6.03 Å². The second kappa shape index (κ2) is 10.4. The van der Waals surface area contributed by atoms with Gasteiger partial charge in [-0.15, -0.1) is 0 Å². The number of unbranched alkanes of at least 4 members (excludes halogenated alkanes) is 1. The van der Waals surface area contributed by atoms with Crippen LogP contribution in [0.5, 0.6) is 0 Å². The summed E-state index contributed by atoms with van der Waals surface area (Å²) in [6.45, 7) is 3.24. The van der Waals surface area contributed by atoms with Crippen LogP contribution in [0.3, 0.4) is 0 Å². The second-order valence-electron chi connectivity index (χ2n) is 5.61. The van der Waals surface area contributed by atoms with Gasteiger partial charge < -0.3 is 10.6 Å². The summed E-state index contributed by atoms with van der Waals surface area (Å²) in [5.74, 6) is -0.489. The van der Waals surface area contributed by atoms with Gasteiger partial charge in [0.05, 0.1) is 6.54 Å². The van der Waals surface area contributed by atoms with Crippen LogP contribution in [0.15, 0.2) is 24.3 Å². The highest BCUT2D eigenvalue weighted by molar-refractivity contribution is 5.95. The zero-order chi connectivity index (χ0) is 17.9. The molecule has 7 nitrogen and oxygen atoms in total. The summed E-state index contributed by atoms with van der Waals surface area (Å²) in [5, 5.41) is 7.50. The molecule has 1 aromatic rings. The fourth-order valence-corrected chi connectivity index (χ4v) is 2.11. The quantitative estimate of drug-likeness (QED) is 0.621. The number of hydrogen-bond donors (Lipinski definition) is 3. The van der Waals surface area contributed by atoms with E-state index in [4.69, 9.17) is 0 Å². The summed E-state index contributed by atoms with van der Waals surface area (Å²) in [5.41, 5.74) is 1.57. The Kier molecular flexibility index (Phi) is 8.49. The molecule has 0 aliphatic heterocycles. The minimum absolute atomic E-state index is 0.110. The van der Waals surface area contributed by atoms with Crippen molar-refractivity contribution < 1.29 is 14.4 Å². The monoisotopic (exact) mass is 334 g/mol. The van der Waals surface area contributed by atoms with Crippen molar-refractivity contribution in [3.05, 3.63) is 35.4 Å². The van der Waals surface area contributed by atoms with E-state index in [-0.39, 0.29) is 18.4 Å². The Morgan fingerprint density at radius 3 is 2.38 bits per heavy atom. The molecule has 0 aliphatic carbocycles. The zero-order valence-electron chi connectivity index (χ0n) is 14.5. The number of carbonyl (C=O) groups is 3. The van der Waals surface area contributed by atoms with E-state index in [9.17, 15) is 14.4 Å². The predicted octanol–water partition coefficient (Wildman–Crippen LogP) is 1.10. The van der Waals surface area contributed by atoms with Gasteiger partial charge in [0.15, 0.2) is 0 Å². The maximum Gasteiger partial charge on any atom is 0.321 e. The van der Waals surface area contributed by atoms with Crippen LogP contribution >= 0.6 is 0 Å². The molecule has 1 aromatic carbocycles. The first-order valence-electron chi connectivity index (χ1n) is 8.03. The molecule has 3 N–H and O–H groups in total. The maximum absolute atomic E-state index is 11.8. The molecular formula is C17H26N4O3. The highest BCUT2D eigenvalue weighted by atomic mass is 16.2. The van der Waals surface area contributed by atoms with Crippen molar-refractivity contribution in [2.24, 2.45) is 0 Å². The van der Waals surface area contributed by atoms with Gasteiger partial charge in [0.1, 0.15) is 0 Å². The zero-order valence-corrected chi connectivity index (χ0v) is 14.5. The summed E-state index contributed by atoms with van der Waals surface area (Å²) in [6, 6.07) is 6.70. The number of likely N-dealkylation sites (N-methyl/N-ethyl adjacent to an activating group) is 1. The van der Waals surface area contributed by atoms with Gasteiger partial charge in [0, 0.05) is 25.7 Å². The second-order valence-corrected chi connectivity index (χ2v) is 5.61. The molecule has 7 heteroatoms. The summed E-state index contributed by atoms with van der Waals surface area (Å²) < 4.78 is 0. The van der Waals surface area contributed by atoms with Gasteiger partial charge in [0.25, 0.3) is 5.91 Å². The van der Waals surface area contributed by atoms with Gasteiger partial charge in [-0.3, -0.25) is 19.8 Å². The van der Waals surface area contributed by atoms with E-state index in [2.05, 4.69) is 16.0 Å². The molecule has 0 spiro atoms. The Hall–Kier alpha value is -2.41. The van der Waals surface area contributed by atoms with E-state index >= 15 is 0 Å². The van der Waals surface area contributed by atoms with Crippen LogP contribution in [0.2, 0.25) is 0 Å². The number of imide groups is 1. The highest BCUT2D eigenvalue weighted by Crippen LogP contribution is 2.06. The Morgan fingerprint density at radius 2 is 1.79 bits per heavy atom. The number of hydrogen-bond acceptors (Lipinski definition) is 4. The summed E-state index contributed by atoms with van der Waals surface area (Å²) >= 11 is 0. The summed E-state index contributed by atoms with van der Waals surface area (Å²) in [4.78, 5) is 36.6. The molecule has 4 amide bonds. The number of rotatable bonds is 8. The first-order chi connectivity index (χ1) is 11.5. The van der Waals surface area contributed by atoms with Crippen molar-refractivity contribution in [1.82, 2.24) is 20.9 Å². The Morgan fingerprint density at radius 1 is 1.12 bits per heavy atom. The van der Waals surface area contributed by atoms with Gasteiger partial charge in [0.2, 0.25) is 5.91 Å². The van der Waals surface area contributed by atoms with Crippen LogP contribution in [0.1, 0.15) is 35.7 Å². The van der Waals surface area contributed by atoms with E-state index in [0.717, 1.165) is 18.4 Å². The molecule has 0 radical (unpaired) electrons. The lowest BCUT2D eigenvalue weighted by Crippen LogP contribution is -2.43. The van der Waals surface area contributed by atoms with Crippen LogP contribution in [0.25, 0.3) is 0 Å². The van der Waals surface area contributed by atoms with E-state index in [0.29, 0.717) is 18.7 Å². The Bertz CT molecular complexity index is 557. The topological polar surface area (TPSA) is 90.5 Å². The lowest BCUT2D eigenvalue weighted by Gasteiger charge is -2.16. The SMILES string of the molecule is CCCCNC(=O)NC(=O)CN(C)Cc1ccc(C(=O)NC)cc1. The minimum Gasteiger partial charge on any atom is -0.355 e. The predicted molar refractivity (Wildman–Crippen MR) is 92.6 cm³/mol. The minimum atomic E-state index is -0.461. The Balaban J connectivity index is 2.39. The largest absolute Gasteiger partial charge is 0.355 e. The van der Waals surface area contributed by atoms with Gasteiger partial charge in [-0.1, -0.05) is 25.5 Å². The van der Waals surface area contributed by atoms with Crippen molar-refractivity contribution in [2.45, 2.75) is 26.3 Å². The molecule has 1 rings (SSSR count). The van der Waals surface area contributed by atoms with Crippen LogP contribution in [0.4, 0.5) is 4.79 Å². The molecule has 0 saturated heterocycles. The first-order valence-corrected chi connectivity index (χ1v) is 8.03. The Labute approximate surface area is 142 Å². The van der Waals surface area contributed by atoms with Crippen LogP contribution in [0, 0.1) is 0 Å². The average molecular weight is 334 g/mol. The molecule has 0 atom stereocenters. The third kappa shape index (κ3) is 7.23. The number of amides is 4. The van der Waals surface area contributed by atoms with Crippen molar-refractivity contribution in [3.63, 3.8) is 0 Å². The summed E-state index contributed by atoms with van der Waals surface area (Å²) in [7, 11) is 3.38. The van der Waals surface area contributed by atoms with Crippen molar-refractivity contribution in [3.8, 4) is 0 Å². The third-order valence-electron chi connectivity index (χ3n) is 3.38. The van der Waals surface area contributed by atoms with Gasteiger partial charge in [-0.25, -0.2) is 4.79 Å². The molecule has 24 heavy (non-hydrogen) atoms. The molecule has 0 unspecified atom stereocenters. The number of benzene rings is 1. The molecule has 0 saturated carbocycles. The molecular weight excluding hydrogens is 308 g/mol.